The predicted octanol–water partition coefficient (Wildman–Crippen LogP) is 1.13. The van der Waals surface area contributed by atoms with Crippen LogP contribution in [0.1, 0.15) is 32.6 Å². The van der Waals surface area contributed by atoms with Gasteiger partial charge in [0.15, 0.2) is 0 Å². The molecule has 1 unspecified atom stereocenters. The van der Waals surface area contributed by atoms with E-state index in [0.717, 1.165) is 32.5 Å². The second-order valence-electron chi connectivity index (χ2n) is 5.50. The number of hydrogen-bond donors (Lipinski definition) is 0. The summed E-state index contributed by atoms with van der Waals surface area (Å²) in [4.78, 5) is 27.0. The van der Waals surface area contributed by atoms with Gasteiger partial charge in [-0.25, -0.2) is 0 Å². The zero-order valence-electron chi connectivity index (χ0n) is 12.4. The molecule has 0 bridgehead atoms. The number of likely N-dealkylation sites (N-methyl/N-ethyl adjacent to an activating group) is 1. The van der Waals surface area contributed by atoms with Crippen molar-refractivity contribution in [3.05, 3.63) is 0 Å². The maximum absolute atomic E-state index is 12.1. The Hall–Kier alpha value is -1.10. The summed E-state index contributed by atoms with van der Waals surface area (Å²) in [5, 5.41) is 0. The predicted molar refractivity (Wildman–Crippen MR) is 73.7 cm³/mol. The zero-order valence-corrected chi connectivity index (χ0v) is 12.4. The average Bonchev–Trinajstić information content (AvgIpc) is 2.38. The smallest absolute Gasteiger partial charge is 0.305 e. The molecule has 0 N–H and O–H groups in total. The van der Waals surface area contributed by atoms with Crippen molar-refractivity contribution >= 4 is 11.9 Å². The van der Waals surface area contributed by atoms with Crippen LogP contribution in [0.3, 0.4) is 0 Å². The quantitative estimate of drug-likeness (QED) is 0.679. The van der Waals surface area contributed by atoms with E-state index in [0.29, 0.717) is 18.9 Å². The molecule has 1 aliphatic rings. The molecular formula is C14H26N2O3. The van der Waals surface area contributed by atoms with Crippen LogP contribution >= 0.6 is 0 Å². The van der Waals surface area contributed by atoms with Crippen LogP contribution in [0.2, 0.25) is 0 Å². The highest BCUT2D eigenvalue weighted by molar-refractivity contribution is 5.78. The van der Waals surface area contributed by atoms with Gasteiger partial charge in [0.05, 0.1) is 13.7 Å². The summed E-state index contributed by atoms with van der Waals surface area (Å²) in [6.45, 7) is 5.14. The van der Waals surface area contributed by atoms with Gasteiger partial charge in [-0.3, -0.25) is 14.5 Å². The maximum Gasteiger partial charge on any atom is 0.305 e. The number of carbonyl (C=O) groups excluding carboxylic acids is 2. The Morgan fingerprint density at radius 2 is 2.16 bits per heavy atom. The highest BCUT2D eigenvalue weighted by Crippen LogP contribution is 2.15. The fourth-order valence-electron chi connectivity index (χ4n) is 2.42. The molecule has 1 atom stereocenters. The number of hydrogen-bond acceptors (Lipinski definition) is 4. The van der Waals surface area contributed by atoms with E-state index in [1.807, 2.05) is 16.8 Å². The summed E-state index contributed by atoms with van der Waals surface area (Å²) < 4.78 is 4.59. The molecular weight excluding hydrogens is 244 g/mol. The van der Waals surface area contributed by atoms with Crippen molar-refractivity contribution in [1.82, 2.24) is 9.80 Å². The van der Waals surface area contributed by atoms with E-state index in [1.165, 1.54) is 13.5 Å². The fraction of sp³-hybridized carbons (Fsp3) is 0.857. The van der Waals surface area contributed by atoms with E-state index in [4.69, 9.17) is 0 Å². The van der Waals surface area contributed by atoms with Crippen LogP contribution in [-0.2, 0) is 14.3 Å². The summed E-state index contributed by atoms with van der Waals surface area (Å²) in [6.07, 6.45) is 3.47. The van der Waals surface area contributed by atoms with Crippen molar-refractivity contribution in [3.8, 4) is 0 Å². The SMILES string of the molecule is COC(=O)CCCN(C)CC(=O)N1CCCC(C)C1. The third-order valence-corrected chi connectivity index (χ3v) is 3.56. The molecule has 0 aromatic carbocycles. The van der Waals surface area contributed by atoms with Gasteiger partial charge in [-0.2, -0.15) is 0 Å². The molecule has 19 heavy (non-hydrogen) atoms. The van der Waals surface area contributed by atoms with Gasteiger partial charge in [-0.05, 0) is 38.8 Å². The Balaban J connectivity index is 2.21. The summed E-state index contributed by atoms with van der Waals surface area (Å²) in [6, 6.07) is 0. The Labute approximate surface area is 115 Å². The molecule has 1 fully saturated rings. The van der Waals surface area contributed by atoms with Crippen LogP contribution in [0, 0.1) is 5.92 Å². The number of carbonyl (C=O) groups is 2. The lowest BCUT2D eigenvalue weighted by molar-refractivity contribution is -0.140. The van der Waals surface area contributed by atoms with Crippen molar-refractivity contribution in [1.29, 1.82) is 0 Å². The monoisotopic (exact) mass is 270 g/mol. The summed E-state index contributed by atoms with van der Waals surface area (Å²) in [7, 11) is 3.32. The average molecular weight is 270 g/mol. The molecule has 1 saturated heterocycles. The molecule has 1 heterocycles. The second kappa shape index (κ2) is 8.15. The van der Waals surface area contributed by atoms with Crippen molar-refractivity contribution in [3.63, 3.8) is 0 Å². The number of methoxy groups -OCH3 is 1. The van der Waals surface area contributed by atoms with Gasteiger partial charge in [0, 0.05) is 19.5 Å². The molecule has 0 radical (unpaired) electrons. The van der Waals surface area contributed by atoms with Gasteiger partial charge in [-0.15, -0.1) is 0 Å². The third kappa shape index (κ3) is 6.05. The fourth-order valence-corrected chi connectivity index (χ4v) is 2.42. The Morgan fingerprint density at radius 1 is 1.42 bits per heavy atom. The Kier molecular flexibility index (Phi) is 6.84. The van der Waals surface area contributed by atoms with E-state index in [-0.39, 0.29) is 11.9 Å². The molecule has 110 valence electrons. The number of nitrogens with zero attached hydrogens (tertiary/aromatic N) is 2. The van der Waals surface area contributed by atoms with Crippen molar-refractivity contribution in [2.75, 3.05) is 40.3 Å². The highest BCUT2D eigenvalue weighted by Gasteiger charge is 2.21. The van der Waals surface area contributed by atoms with Crippen molar-refractivity contribution in [2.45, 2.75) is 32.6 Å². The lowest BCUT2D eigenvalue weighted by Crippen LogP contribution is -2.44. The molecule has 0 aromatic heterocycles. The molecule has 1 aliphatic heterocycles. The number of esters is 1. The second-order valence-corrected chi connectivity index (χ2v) is 5.50. The Bertz CT molecular complexity index is 307. The van der Waals surface area contributed by atoms with Crippen LogP contribution in [0.4, 0.5) is 0 Å². The minimum absolute atomic E-state index is 0.190. The van der Waals surface area contributed by atoms with E-state index in [9.17, 15) is 9.59 Å². The number of likely N-dealkylation sites (tertiary alicyclic amines) is 1. The van der Waals surface area contributed by atoms with Gasteiger partial charge >= 0.3 is 5.97 Å². The van der Waals surface area contributed by atoms with Gasteiger partial charge in [0.1, 0.15) is 0 Å². The molecule has 5 nitrogen and oxygen atoms in total. The summed E-state index contributed by atoms with van der Waals surface area (Å²) >= 11 is 0. The van der Waals surface area contributed by atoms with E-state index < -0.39 is 0 Å². The number of piperidine rings is 1. The Morgan fingerprint density at radius 3 is 2.79 bits per heavy atom. The zero-order chi connectivity index (χ0) is 14.3. The molecule has 1 amide bonds. The topological polar surface area (TPSA) is 49.9 Å². The van der Waals surface area contributed by atoms with Crippen molar-refractivity contribution in [2.24, 2.45) is 5.92 Å². The van der Waals surface area contributed by atoms with Crippen LogP contribution < -0.4 is 0 Å². The molecule has 0 saturated carbocycles. The first-order valence-electron chi connectivity index (χ1n) is 7.06. The first-order chi connectivity index (χ1) is 9.02. The first kappa shape index (κ1) is 16.0. The van der Waals surface area contributed by atoms with Crippen LogP contribution in [-0.4, -0.2) is 62.0 Å². The molecule has 5 heteroatoms. The van der Waals surface area contributed by atoms with Crippen LogP contribution in [0.25, 0.3) is 0 Å². The van der Waals surface area contributed by atoms with E-state index in [2.05, 4.69) is 11.7 Å². The summed E-state index contributed by atoms with van der Waals surface area (Å²) in [5.74, 6) is 0.624. The maximum atomic E-state index is 12.1. The largest absolute Gasteiger partial charge is 0.469 e. The first-order valence-corrected chi connectivity index (χ1v) is 7.06. The van der Waals surface area contributed by atoms with Crippen molar-refractivity contribution < 1.29 is 14.3 Å². The number of rotatable bonds is 6. The van der Waals surface area contributed by atoms with Crippen LogP contribution in [0.5, 0.6) is 0 Å². The highest BCUT2D eigenvalue weighted by atomic mass is 16.5. The van der Waals surface area contributed by atoms with Crippen LogP contribution in [0.15, 0.2) is 0 Å². The van der Waals surface area contributed by atoms with Gasteiger partial charge in [-0.1, -0.05) is 6.92 Å². The minimum atomic E-state index is -0.190. The molecule has 0 aliphatic carbocycles. The normalized spacial score (nSPS) is 19.6. The minimum Gasteiger partial charge on any atom is -0.469 e. The molecule has 0 aromatic rings. The lowest BCUT2D eigenvalue weighted by Gasteiger charge is -2.32. The summed E-state index contributed by atoms with van der Waals surface area (Å²) in [5.41, 5.74) is 0. The number of ether oxygens (including phenoxy) is 1. The van der Waals surface area contributed by atoms with Gasteiger partial charge in [0.25, 0.3) is 0 Å². The van der Waals surface area contributed by atoms with Gasteiger partial charge in [0.2, 0.25) is 5.91 Å². The van der Waals surface area contributed by atoms with E-state index >= 15 is 0 Å². The third-order valence-electron chi connectivity index (χ3n) is 3.56. The standard InChI is InChI=1S/C14H26N2O3/c1-12-6-4-9-16(10-12)13(17)11-15(2)8-5-7-14(18)19-3/h12H,4-11H2,1-3H3. The molecule has 1 rings (SSSR count). The van der Waals surface area contributed by atoms with Gasteiger partial charge < -0.3 is 9.64 Å². The number of amides is 1. The van der Waals surface area contributed by atoms with E-state index in [1.54, 1.807) is 0 Å². The lowest BCUT2D eigenvalue weighted by atomic mass is 10.0. The molecule has 0 spiro atoms.